The highest BCUT2D eigenvalue weighted by molar-refractivity contribution is 6.30. The van der Waals surface area contributed by atoms with Crippen LogP contribution in [0.25, 0.3) is 0 Å². The van der Waals surface area contributed by atoms with Gasteiger partial charge in [0, 0.05) is 35.4 Å². The molecule has 0 saturated heterocycles. The molecule has 1 unspecified atom stereocenters. The number of rotatable bonds is 7. The Morgan fingerprint density at radius 1 is 1.17 bits per heavy atom. The maximum atomic E-state index is 12.3. The Hall–Kier alpha value is -0.280. The molecule has 1 aromatic carbocycles. The zero-order chi connectivity index (χ0) is 13.5. The van der Waals surface area contributed by atoms with E-state index in [0.29, 0.717) is 35.4 Å². The molecule has 100 valence electrons. The highest BCUT2D eigenvalue weighted by Gasteiger charge is 2.21. The number of alkyl halides is 2. The predicted molar refractivity (Wildman–Crippen MR) is 78.3 cm³/mol. The minimum atomic E-state index is -0.233. The topological polar surface area (TPSA) is 20.3 Å². The molecule has 0 aliphatic carbocycles. The van der Waals surface area contributed by atoms with Crippen LogP contribution in [0.4, 0.5) is 0 Å². The number of Topliss-reactive ketones (excluding diaryl/α,β-unsaturated/α-hetero) is 1. The summed E-state index contributed by atoms with van der Waals surface area (Å²) in [6.07, 6.45) is 0. The predicted octanol–water partition coefficient (Wildman–Crippen LogP) is 3.69. The third-order valence-corrected chi connectivity index (χ3v) is 3.39. The Labute approximate surface area is 123 Å². The molecule has 1 aromatic rings. The lowest BCUT2D eigenvalue weighted by molar-refractivity contribution is 0.0853. The van der Waals surface area contributed by atoms with E-state index in [1.807, 2.05) is 11.8 Å². The van der Waals surface area contributed by atoms with Crippen LogP contribution < -0.4 is 0 Å². The van der Waals surface area contributed by atoms with Crippen LogP contribution in [-0.4, -0.2) is 41.6 Å². The summed E-state index contributed by atoms with van der Waals surface area (Å²) in [5, 5.41) is 0.623. The molecule has 2 nitrogen and oxygen atoms in total. The summed E-state index contributed by atoms with van der Waals surface area (Å²) in [5.41, 5.74) is 0.654. The molecule has 0 N–H and O–H groups in total. The number of nitrogens with zero attached hydrogens (tertiary/aromatic N) is 1. The lowest BCUT2D eigenvalue weighted by Crippen LogP contribution is -2.41. The van der Waals surface area contributed by atoms with Gasteiger partial charge in [0.1, 0.15) is 0 Å². The number of carbonyl (C=O) groups excluding carboxylic acids is 1. The Bertz CT molecular complexity index is 374. The van der Waals surface area contributed by atoms with Gasteiger partial charge in [0.25, 0.3) is 0 Å². The van der Waals surface area contributed by atoms with E-state index in [1.165, 1.54) is 0 Å². The molecule has 1 rings (SSSR count). The van der Waals surface area contributed by atoms with Gasteiger partial charge in [0.15, 0.2) is 5.78 Å². The van der Waals surface area contributed by atoms with E-state index in [2.05, 4.69) is 0 Å². The van der Waals surface area contributed by atoms with E-state index in [4.69, 9.17) is 34.8 Å². The fourth-order valence-corrected chi connectivity index (χ4v) is 2.30. The molecule has 0 aliphatic heterocycles. The number of carbonyl (C=O) groups is 1. The van der Waals surface area contributed by atoms with Gasteiger partial charge in [-0.2, -0.15) is 0 Å². The van der Waals surface area contributed by atoms with Gasteiger partial charge in [-0.3, -0.25) is 9.69 Å². The van der Waals surface area contributed by atoms with Crippen molar-refractivity contribution >= 4 is 40.6 Å². The Balaban J connectivity index is 2.77. The van der Waals surface area contributed by atoms with Gasteiger partial charge in [0.05, 0.1) is 6.04 Å². The fraction of sp³-hybridized carbons (Fsp3) is 0.462. The molecule has 0 bridgehead atoms. The monoisotopic (exact) mass is 307 g/mol. The normalized spacial score (nSPS) is 12.7. The van der Waals surface area contributed by atoms with Crippen molar-refractivity contribution in [1.82, 2.24) is 4.90 Å². The standard InChI is InChI=1S/C13H16Cl3NO/c1-10(17(8-6-14)9-7-15)13(18)11-2-4-12(16)5-3-11/h2-5,10H,6-9H2,1H3. The lowest BCUT2D eigenvalue weighted by atomic mass is 10.0. The molecule has 0 amide bonds. The number of hydrogen-bond acceptors (Lipinski definition) is 2. The third kappa shape index (κ3) is 4.43. The van der Waals surface area contributed by atoms with Crippen LogP contribution in [0.2, 0.25) is 5.02 Å². The number of ketones is 1. The molecular weight excluding hydrogens is 293 g/mol. The summed E-state index contributed by atoms with van der Waals surface area (Å²) in [4.78, 5) is 14.3. The highest BCUT2D eigenvalue weighted by atomic mass is 35.5. The van der Waals surface area contributed by atoms with Crippen molar-refractivity contribution in [3.05, 3.63) is 34.9 Å². The van der Waals surface area contributed by atoms with E-state index >= 15 is 0 Å². The largest absolute Gasteiger partial charge is 0.292 e. The Morgan fingerprint density at radius 2 is 1.67 bits per heavy atom. The second kappa shape index (κ2) is 8.00. The Kier molecular flexibility index (Phi) is 7.02. The zero-order valence-corrected chi connectivity index (χ0v) is 12.5. The van der Waals surface area contributed by atoms with Crippen molar-refractivity contribution < 1.29 is 4.79 Å². The first-order valence-corrected chi connectivity index (χ1v) is 7.20. The van der Waals surface area contributed by atoms with Gasteiger partial charge >= 0.3 is 0 Å². The van der Waals surface area contributed by atoms with Crippen molar-refractivity contribution in [2.75, 3.05) is 24.8 Å². The van der Waals surface area contributed by atoms with Gasteiger partial charge in [-0.25, -0.2) is 0 Å². The molecule has 0 aliphatic rings. The summed E-state index contributed by atoms with van der Waals surface area (Å²) in [6.45, 7) is 3.17. The Morgan fingerprint density at radius 3 is 2.11 bits per heavy atom. The molecule has 18 heavy (non-hydrogen) atoms. The summed E-state index contributed by atoms with van der Waals surface area (Å²) in [7, 11) is 0. The molecule has 0 heterocycles. The van der Waals surface area contributed by atoms with Crippen molar-refractivity contribution in [3.63, 3.8) is 0 Å². The van der Waals surface area contributed by atoms with Crippen molar-refractivity contribution in [2.24, 2.45) is 0 Å². The van der Waals surface area contributed by atoms with Crippen LogP contribution in [-0.2, 0) is 0 Å². The highest BCUT2D eigenvalue weighted by Crippen LogP contribution is 2.13. The zero-order valence-electron chi connectivity index (χ0n) is 10.2. The van der Waals surface area contributed by atoms with E-state index < -0.39 is 0 Å². The quantitative estimate of drug-likeness (QED) is 0.565. The molecule has 0 spiro atoms. The van der Waals surface area contributed by atoms with Gasteiger partial charge < -0.3 is 0 Å². The van der Waals surface area contributed by atoms with Crippen LogP contribution in [0.1, 0.15) is 17.3 Å². The minimum Gasteiger partial charge on any atom is -0.292 e. The summed E-state index contributed by atoms with van der Waals surface area (Å²) >= 11 is 17.3. The minimum absolute atomic E-state index is 0.0573. The first-order valence-electron chi connectivity index (χ1n) is 5.76. The average Bonchev–Trinajstić information content (AvgIpc) is 2.38. The number of benzene rings is 1. The first kappa shape index (κ1) is 15.8. The SMILES string of the molecule is CC(C(=O)c1ccc(Cl)cc1)N(CCCl)CCCl. The van der Waals surface area contributed by atoms with E-state index in [0.717, 1.165) is 0 Å². The van der Waals surface area contributed by atoms with Crippen LogP contribution in [0, 0.1) is 0 Å². The van der Waals surface area contributed by atoms with Gasteiger partial charge in [-0.15, -0.1) is 23.2 Å². The van der Waals surface area contributed by atoms with Gasteiger partial charge in [-0.1, -0.05) is 11.6 Å². The van der Waals surface area contributed by atoms with Crippen LogP contribution >= 0.6 is 34.8 Å². The number of halogens is 3. The third-order valence-electron chi connectivity index (χ3n) is 2.80. The van der Waals surface area contributed by atoms with Crippen molar-refractivity contribution in [2.45, 2.75) is 13.0 Å². The maximum Gasteiger partial charge on any atom is 0.179 e. The molecular formula is C13H16Cl3NO. The molecule has 0 saturated carbocycles. The average molecular weight is 309 g/mol. The second-order valence-electron chi connectivity index (χ2n) is 3.96. The van der Waals surface area contributed by atoms with Crippen molar-refractivity contribution in [1.29, 1.82) is 0 Å². The number of hydrogen-bond donors (Lipinski definition) is 0. The van der Waals surface area contributed by atoms with E-state index in [1.54, 1.807) is 24.3 Å². The molecule has 1 atom stereocenters. The summed E-state index contributed by atoms with van der Waals surface area (Å²) in [6, 6.07) is 6.68. The molecule has 0 radical (unpaired) electrons. The molecule has 0 aromatic heterocycles. The fourth-order valence-electron chi connectivity index (χ4n) is 1.74. The van der Waals surface area contributed by atoms with Crippen LogP contribution in [0.3, 0.4) is 0 Å². The first-order chi connectivity index (χ1) is 8.60. The van der Waals surface area contributed by atoms with Crippen molar-refractivity contribution in [3.8, 4) is 0 Å². The van der Waals surface area contributed by atoms with E-state index in [9.17, 15) is 4.79 Å². The second-order valence-corrected chi connectivity index (χ2v) is 5.15. The molecule has 5 heteroatoms. The van der Waals surface area contributed by atoms with Gasteiger partial charge in [0.2, 0.25) is 0 Å². The summed E-state index contributed by atoms with van der Waals surface area (Å²) in [5.74, 6) is 1.02. The summed E-state index contributed by atoms with van der Waals surface area (Å²) < 4.78 is 0. The van der Waals surface area contributed by atoms with Crippen LogP contribution in [0.5, 0.6) is 0 Å². The molecule has 0 fully saturated rings. The smallest absolute Gasteiger partial charge is 0.179 e. The van der Waals surface area contributed by atoms with Gasteiger partial charge in [-0.05, 0) is 31.2 Å². The van der Waals surface area contributed by atoms with Crippen LogP contribution in [0.15, 0.2) is 24.3 Å². The van der Waals surface area contributed by atoms with E-state index in [-0.39, 0.29) is 11.8 Å². The maximum absolute atomic E-state index is 12.3. The lowest BCUT2D eigenvalue weighted by Gasteiger charge is -2.26.